The number of carbonyl (C=O) groups excluding carboxylic acids is 2. The number of aromatic nitrogens is 3. The molecule has 3 saturated heterocycles. The van der Waals surface area contributed by atoms with E-state index < -0.39 is 24.1 Å². The summed E-state index contributed by atoms with van der Waals surface area (Å²) in [5.41, 5.74) is 0.624. The highest BCUT2D eigenvalue weighted by Gasteiger charge is 2.47. The van der Waals surface area contributed by atoms with Crippen molar-refractivity contribution < 1.29 is 36.6 Å². The van der Waals surface area contributed by atoms with Crippen LogP contribution in [-0.2, 0) is 9.53 Å². The predicted octanol–water partition coefficient (Wildman–Crippen LogP) is 3.23. The summed E-state index contributed by atoms with van der Waals surface area (Å²) in [6.07, 6.45) is -2.74. The van der Waals surface area contributed by atoms with Gasteiger partial charge in [-0.15, -0.1) is 0 Å². The molecule has 5 atom stereocenters. The molecule has 3 aliphatic rings. The van der Waals surface area contributed by atoms with E-state index in [-0.39, 0.29) is 66.4 Å². The molecule has 2 amide bonds. The Morgan fingerprint density at radius 2 is 1.89 bits per heavy atom. The van der Waals surface area contributed by atoms with E-state index in [0.29, 0.717) is 18.5 Å². The third-order valence-corrected chi connectivity index (χ3v) is 7.45. The first kappa shape index (κ1) is 25.4. The minimum atomic E-state index is -4.40. The van der Waals surface area contributed by atoms with Crippen molar-refractivity contribution in [1.29, 1.82) is 0 Å². The highest BCUT2D eigenvalue weighted by atomic mass is 19.4. The van der Waals surface area contributed by atoms with Gasteiger partial charge in [0.25, 0.3) is 5.91 Å². The SMILES string of the molecule is COc1cc(-c2cc(C(=O)N3[C@@H]4CC[C@H]3C[C@H](C(=O)N[C@H]3CC[C@@H](C(F)(F)F)OC3)C4)n[nH]2)c(F)cn1. The first-order chi connectivity index (χ1) is 17.6. The van der Waals surface area contributed by atoms with Gasteiger partial charge in [-0.1, -0.05) is 0 Å². The lowest BCUT2D eigenvalue weighted by atomic mass is 9.89. The number of methoxy groups -OCH3 is 1. The summed E-state index contributed by atoms with van der Waals surface area (Å²) in [6, 6.07) is 2.12. The van der Waals surface area contributed by atoms with Crippen LogP contribution >= 0.6 is 0 Å². The van der Waals surface area contributed by atoms with Crippen LogP contribution in [0.25, 0.3) is 11.3 Å². The maximum atomic E-state index is 14.3. The molecule has 0 radical (unpaired) electrons. The second kappa shape index (κ2) is 9.92. The summed E-state index contributed by atoms with van der Waals surface area (Å²) in [6.45, 7) is -0.175. The number of aromatic amines is 1. The van der Waals surface area contributed by atoms with E-state index in [0.717, 1.165) is 19.0 Å². The summed E-state index contributed by atoms with van der Waals surface area (Å²) >= 11 is 0. The van der Waals surface area contributed by atoms with Gasteiger partial charge in [0.2, 0.25) is 11.8 Å². The van der Waals surface area contributed by atoms with Crippen LogP contribution in [0.2, 0.25) is 0 Å². The highest BCUT2D eigenvalue weighted by molar-refractivity contribution is 5.94. The van der Waals surface area contributed by atoms with Gasteiger partial charge < -0.3 is 19.7 Å². The van der Waals surface area contributed by atoms with Crippen molar-refractivity contribution >= 4 is 11.8 Å². The second-order valence-corrected chi connectivity index (χ2v) is 9.79. The Hall–Kier alpha value is -3.22. The van der Waals surface area contributed by atoms with Crippen molar-refractivity contribution in [3.63, 3.8) is 0 Å². The van der Waals surface area contributed by atoms with E-state index >= 15 is 0 Å². The van der Waals surface area contributed by atoms with Crippen LogP contribution in [0.1, 0.15) is 49.0 Å². The molecule has 37 heavy (non-hydrogen) atoms. The smallest absolute Gasteiger partial charge is 0.414 e. The maximum Gasteiger partial charge on any atom is 0.414 e. The van der Waals surface area contributed by atoms with Crippen LogP contribution in [0.3, 0.4) is 0 Å². The molecule has 2 N–H and O–H groups in total. The zero-order valence-electron chi connectivity index (χ0n) is 20.1. The number of amides is 2. The predicted molar refractivity (Wildman–Crippen MR) is 121 cm³/mol. The third kappa shape index (κ3) is 5.13. The van der Waals surface area contributed by atoms with Crippen LogP contribution in [-0.4, -0.2) is 76.0 Å². The van der Waals surface area contributed by atoms with E-state index in [4.69, 9.17) is 9.47 Å². The van der Waals surface area contributed by atoms with Gasteiger partial charge >= 0.3 is 6.18 Å². The number of carbonyl (C=O) groups is 2. The number of fused-ring (bicyclic) bond motifs is 2. The van der Waals surface area contributed by atoms with E-state index in [1.54, 1.807) is 4.90 Å². The van der Waals surface area contributed by atoms with Gasteiger partial charge in [0, 0.05) is 29.6 Å². The van der Waals surface area contributed by atoms with E-state index in [1.807, 2.05) is 0 Å². The third-order valence-electron chi connectivity index (χ3n) is 7.45. The topological polar surface area (TPSA) is 109 Å². The number of pyridine rings is 1. The summed E-state index contributed by atoms with van der Waals surface area (Å²) < 4.78 is 62.6. The molecule has 0 aliphatic carbocycles. The molecule has 0 saturated carbocycles. The van der Waals surface area contributed by atoms with Gasteiger partial charge in [0.15, 0.2) is 17.6 Å². The molecular weight excluding hydrogens is 498 g/mol. The van der Waals surface area contributed by atoms with Crippen molar-refractivity contribution in [3.05, 3.63) is 29.8 Å². The molecule has 0 unspecified atom stereocenters. The molecule has 13 heteroatoms. The van der Waals surface area contributed by atoms with Crippen molar-refractivity contribution in [1.82, 2.24) is 25.4 Å². The first-order valence-corrected chi connectivity index (χ1v) is 12.2. The van der Waals surface area contributed by atoms with Crippen LogP contribution in [0.15, 0.2) is 18.3 Å². The quantitative estimate of drug-likeness (QED) is 0.581. The van der Waals surface area contributed by atoms with Gasteiger partial charge in [0.1, 0.15) is 0 Å². The molecule has 200 valence electrons. The van der Waals surface area contributed by atoms with Crippen LogP contribution in [0.5, 0.6) is 5.88 Å². The maximum absolute atomic E-state index is 14.3. The Labute approximate surface area is 209 Å². The highest BCUT2D eigenvalue weighted by Crippen LogP contribution is 2.40. The molecule has 0 spiro atoms. The summed E-state index contributed by atoms with van der Waals surface area (Å²) in [5.74, 6) is -1.22. The Kier molecular flexibility index (Phi) is 6.82. The van der Waals surface area contributed by atoms with Gasteiger partial charge in [0.05, 0.1) is 31.6 Å². The fourth-order valence-electron chi connectivity index (χ4n) is 5.60. The molecule has 5 heterocycles. The largest absolute Gasteiger partial charge is 0.481 e. The Morgan fingerprint density at radius 3 is 2.51 bits per heavy atom. The Bertz CT molecular complexity index is 1150. The molecule has 3 aliphatic heterocycles. The minimum absolute atomic E-state index is 0.142. The number of nitrogens with zero attached hydrogens (tertiary/aromatic N) is 3. The number of alkyl halides is 3. The summed E-state index contributed by atoms with van der Waals surface area (Å²) in [7, 11) is 1.41. The number of rotatable bonds is 5. The van der Waals surface area contributed by atoms with Crippen LogP contribution < -0.4 is 10.1 Å². The summed E-state index contributed by atoms with van der Waals surface area (Å²) in [5, 5.41) is 9.64. The molecule has 5 rings (SSSR count). The number of ether oxygens (including phenoxy) is 2. The number of hydrogen-bond acceptors (Lipinski definition) is 6. The minimum Gasteiger partial charge on any atom is -0.481 e. The summed E-state index contributed by atoms with van der Waals surface area (Å²) in [4.78, 5) is 31.8. The number of H-pyrrole nitrogens is 1. The lowest BCUT2D eigenvalue weighted by molar-refractivity contribution is -0.232. The standard InChI is InChI=1S/C24H27F4N5O4/c1-36-21-8-16(17(25)10-29-21)18-9-19(32-31-18)23(35)33-14-3-4-15(33)7-12(6-14)22(34)30-13-2-5-20(37-11-13)24(26,27)28/h8-10,12-15,20H,2-7,11H2,1H3,(H,30,34)(H,31,32)/t12-,13-,14-,15+,20-/m0/s1. The number of hydrogen-bond donors (Lipinski definition) is 2. The molecule has 9 nitrogen and oxygen atoms in total. The van der Waals surface area contributed by atoms with E-state index in [1.165, 1.54) is 19.2 Å². The van der Waals surface area contributed by atoms with Crippen molar-refractivity contribution in [2.24, 2.45) is 5.92 Å². The fourth-order valence-corrected chi connectivity index (χ4v) is 5.60. The Balaban J connectivity index is 1.20. The lowest BCUT2D eigenvalue weighted by Crippen LogP contribution is -2.52. The van der Waals surface area contributed by atoms with E-state index in [2.05, 4.69) is 20.5 Å². The molecule has 2 aromatic heterocycles. The van der Waals surface area contributed by atoms with Crippen LogP contribution in [0, 0.1) is 11.7 Å². The lowest BCUT2D eigenvalue weighted by Gasteiger charge is -2.39. The molecule has 0 aromatic carbocycles. The van der Waals surface area contributed by atoms with Gasteiger partial charge in [-0.3, -0.25) is 14.7 Å². The van der Waals surface area contributed by atoms with Crippen molar-refractivity contribution in [2.45, 2.75) is 68.9 Å². The second-order valence-electron chi connectivity index (χ2n) is 9.79. The van der Waals surface area contributed by atoms with Crippen molar-refractivity contribution in [2.75, 3.05) is 13.7 Å². The fraction of sp³-hybridized carbons (Fsp3) is 0.583. The number of halogens is 4. The molecule has 2 bridgehead atoms. The Morgan fingerprint density at radius 1 is 1.16 bits per heavy atom. The first-order valence-electron chi connectivity index (χ1n) is 12.2. The van der Waals surface area contributed by atoms with Gasteiger partial charge in [-0.2, -0.15) is 18.3 Å². The molecule has 2 aromatic rings. The van der Waals surface area contributed by atoms with E-state index in [9.17, 15) is 27.2 Å². The molecule has 3 fully saturated rings. The van der Waals surface area contributed by atoms with Crippen molar-refractivity contribution in [3.8, 4) is 17.1 Å². The number of piperidine rings is 1. The average molecular weight is 526 g/mol. The zero-order valence-corrected chi connectivity index (χ0v) is 20.1. The van der Waals surface area contributed by atoms with Gasteiger partial charge in [-0.05, 0) is 44.6 Å². The normalized spacial score (nSPS) is 27.7. The molecular formula is C24H27F4N5O4. The van der Waals surface area contributed by atoms with Gasteiger partial charge in [-0.25, -0.2) is 9.37 Å². The average Bonchev–Trinajstić information content (AvgIpc) is 3.46. The zero-order chi connectivity index (χ0) is 26.3. The monoisotopic (exact) mass is 525 g/mol. The number of nitrogens with one attached hydrogen (secondary N) is 2. The van der Waals surface area contributed by atoms with Crippen LogP contribution in [0.4, 0.5) is 17.6 Å².